The van der Waals surface area contributed by atoms with Gasteiger partial charge in [-0.25, -0.2) is 8.78 Å². The highest BCUT2D eigenvalue weighted by Gasteiger charge is 2.13. The Bertz CT molecular complexity index is 764. The standard InChI is InChI=1S/C19H21F2N3OS/c1-13(22-19(26)23-15-4-7-17(20)18(21)12-15)14-2-5-16(6-3-14)24-8-10-25-11-9-24/h2-7,12-13H,8-11H2,1H3,(H2,22,23,26)/t13-/m0/s1. The fraction of sp³-hybridized carbons (Fsp3) is 0.316. The topological polar surface area (TPSA) is 36.5 Å². The molecule has 2 N–H and O–H groups in total. The van der Waals surface area contributed by atoms with Crippen LogP contribution in [-0.2, 0) is 4.74 Å². The third-order valence-corrected chi connectivity index (χ3v) is 4.51. The number of halogens is 2. The van der Waals surface area contributed by atoms with Crippen molar-refractivity contribution in [1.29, 1.82) is 0 Å². The Morgan fingerprint density at radius 2 is 1.77 bits per heavy atom. The number of hydrogen-bond acceptors (Lipinski definition) is 3. The SMILES string of the molecule is C[C@H](NC(=S)Nc1ccc(F)c(F)c1)c1ccc(N2CCOCC2)cc1. The van der Waals surface area contributed by atoms with Crippen molar-refractivity contribution in [1.82, 2.24) is 5.32 Å². The van der Waals surface area contributed by atoms with E-state index in [2.05, 4.69) is 39.8 Å². The van der Waals surface area contributed by atoms with Crippen LogP contribution < -0.4 is 15.5 Å². The van der Waals surface area contributed by atoms with E-state index in [1.54, 1.807) is 0 Å². The second kappa shape index (κ2) is 8.42. The molecule has 7 heteroatoms. The van der Waals surface area contributed by atoms with E-state index in [0.717, 1.165) is 44.0 Å². The van der Waals surface area contributed by atoms with Crippen molar-refractivity contribution >= 4 is 28.7 Å². The number of rotatable bonds is 4. The minimum absolute atomic E-state index is 0.0287. The lowest BCUT2D eigenvalue weighted by atomic mass is 10.1. The number of morpholine rings is 1. The zero-order valence-electron chi connectivity index (χ0n) is 14.5. The molecule has 0 radical (unpaired) electrons. The Morgan fingerprint density at radius 3 is 2.42 bits per heavy atom. The molecule has 1 atom stereocenters. The fourth-order valence-corrected chi connectivity index (χ4v) is 3.11. The molecule has 26 heavy (non-hydrogen) atoms. The van der Waals surface area contributed by atoms with Gasteiger partial charge in [0.05, 0.1) is 19.3 Å². The van der Waals surface area contributed by atoms with Gasteiger partial charge in [0.25, 0.3) is 0 Å². The van der Waals surface area contributed by atoms with E-state index in [1.807, 2.05) is 6.92 Å². The molecule has 3 rings (SSSR count). The quantitative estimate of drug-likeness (QED) is 0.792. The number of ether oxygens (including phenoxy) is 1. The van der Waals surface area contributed by atoms with Crippen LogP contribution in [-0.4, -0.2) is 31.4 Å². The minimum atomic E-state index is -0.912. The Labute approximate surface area is 157 Å². The monoisotopic (exact) mass is 377 g/mol. The molecule has 1 saturated heterocycles. The van der Waals surface area contributed by atoms with Gasteiger partial charge in [0.1, 0.15) is 0 Å². The lowest BCUT2D eigenvalue weighted by Crippen LogP contribution is -2.36. The van der Waals surface area contributed by atoms with Gasteiger partial charge in [0.15, 0.2) is 16.7 Å². The van der Waals surface area contributed by atoms with Crippen molar-refractivity contribution in [3.05, 3.63) is 59.7 Å². The van der Waals surface area contributed by atoms with Gasteiger partial charge in [-0.15, -0.1) is 0 Å². The lowest BCUT2D eigenvalue weighted by molar-refractivity contribution is 0.122. The van der Waals surface area contributed by atoms with Gasteiger partial charge in [0.2, 0.25) is 0 Å². The number of thiocarbonyl (C=S) groups is 1. The van der Waals surface area contributed by atoms with Gasteiger partial charge in [-0.1, -0.05) is 12.1 Å². The van der Waals surface area contributed by atoms with Crippen molar-refractivity contribution in [3.8, 4) is 0 Å². The molecule has 1 aliphatic heterocycles. The summed E-state index contributed by atoms with van der Waals surface area (Å²) < 4.78 is 31.6. The first-order chi connectivity index (χ1) is 12.5. The molecule has 1 fully saturated rings. The van der Waals surface area contributed by atoms with Crippen molar-refractivity contribution in [2.45, 2.75) is 13.0 Å². The number of anilines is 2. The third-order valence-electron chi connectivity index (χ3n) is 4.29. The van der Waals surface area contributed by atoms with Crippen molar-refractivity contribution < 1.29 is 13.5 Å². The average Bonchev–Trinajstić information content (AvgIpc) is 2.65. The Morgan fingerprint density at radius 1 is 1.08 bits per heavy atom. The predicted molar refractivity (Wildman–Crippen MR) is 104 cm³/mol. The number of benzene rings is 2. The van der Waals surface area contributed by atoms with Gasteiger partial charge >= 0.3 is 0 Å². The van der Waals surface area contributed by atoms with Crippen LogP contribution in [0.2, 0.25) is 0 Å². The van der Waals surface area contributed by atoms with Crippen LogP contribution in [0, 0.1) is 11.6 Å². The molecule has 4 nitrogen and oxygen atoms in total. The second-order valence-electron chi connectivity index (χ2n) is 6.14. The van der Waals surface area contributed by atoms with E-state index in [0.29, 0.717) is 10.8 Å². The van der Waals surface area contributed by atoms with Crippen LogP contribution in [0.4, 0.5) is 20.2 Å². The van der Waals surface area contributed by atoms with Gasteiger partial charge in [-0.2, -0.15) is 0 Å². The molecule has 0 unspecified atom stereocenters. The first-order valence-electron chi connectivity index (χ1n) is 8.48. The fourth-order valence-electron chi connectivity index (χ4n) is 2.82. The summed E-state index contributed by atoms with van der Waals surface area (Å²) in [5, 5.41) is 6.36. The van der Waals surface area contributed by atoms with E-state index in [1.165, 1.54) is 11.8 Å². The average molecular weight is 377 g/mol. The molecule has 1 aliphatic rings. The van der Waals surface area contributed by atoms with E-state index >= 15 is 0 Å². The molecule has 1 heterocycles. The summed E-state index contributed by atoms with van der Waals surface area (Å²) in [6.07, 6.45) is 0. The normalized spacial score (nSPS) is 15.4. The van der Waals surface area contributed by atoms with E-state index in [-0.39, 0.29) is 6.04 Å². The number of nitrogens with zero attached hydrogens (tertiary/aromatic N) is 1. The Kier molecular flexibility index (Phi) is 6.00. The van der Waals surface area contributed by atoms with Crippen LogP contribution in [0.25, 0.3) is 0 Å². The second-order valence-corrected chi connectivity index (χ2v) is 6.55. The highest BCUT2D eigenvalue weighted by Crippen LogP contribution is 2.20. The predicted octanol–water partition coefficient (Wildman–Crippen LogP) is 3.85. The summed E-state index contributed by atoms with van der Waals surface area (Å²) in [6, 6.07) is 11.8. The molecule has 0 spiro atoms. The summed E-state index contributed by atoms with van der Waals surface area (Å²) in [4.78, 5) is 2.29. The van der Waals surface area contributed by atoms with E-state index < -0.39 is 11.6 Å². The highest BCUT2D eigenvalue weighted by atomic mass is 32.1. The molecule has 2 aromatic rings. The third kappa shape index (κ3) is 4.68. The van der Waals surface area contributed by atoms with Crippen LogP contribution in [0.5, 0.6) is 0 Å². The van der Waals surface area contributed by atoms with Gasteiger partial charge in [-0.3, -0.25) is 0 Å². The van der Waals surface area contributed by atoms with Crippen molar-refractivity contribution in [3.63, 3.8) is 0 Å². The van der Waals surface area contributed by atoms with Crippen molar-refractivity contribution in [2.75, 3.05) is 36.5 Å². The van der Waals surface area contributed by atoms with Crippen LogP contribution in [0.3, 0.4) is 0 Å². The molecular formula is C19H21F2N3OS. The van der Waals surface area contributed by atoms with E-state index in [9.17, 15) is 8.78 Å². The molecular weight excluding hydrogens is 356 g/mol. The summed E-state index contributed by atoms with van der Waals surface area (Å²) >= 11 is 5.26. The maximum Gasteiger partial charge on any atom is 0.171 e. The van der Waals surface area contributed by atoms with Crippen LogP contribution in [0.1, 0.15) is 18.5 Å². The van der Waals surface area contributed by atoms with Crippen LogP contribution in [0.15, 0.2) is 42.5 Å². The number of hydrogen-bond donors (Lipinski definition) is 2. The summed E-state index contributed by atoms with van der Waals surface area (Å²) in [5.74, 6) is -1.80. The molecule has 138 valence electrons. The lowest BCUT2D eigenvalue weighted by Gasteiger charge is -2.29. The van der Waals surface area contributed by atoms with Crippen LogP contribution >= 0.6 is 12.2 Å². The van der Waals surface area contributed by atoms with Gasteiger partial charge in [-0.05, 0) is 49.0 Å². The van der Waals surface area contributed by atoms with E-state index in [4.69, 9.17) is 17.0 Å². The summed E-state index contributed by atoms with van der Waals surface area (Å²) in [7, 11) is 0. The first-order valence-corrected chi connectivity index (χ1v) is 8.89. The minimum Gasteiger partial charge on any atom is -0.378 e. The van der Waals surface area contributed by atoms with Gasteiger partial charge in [0, 0.05) is 30.5 Å². The summed E-state index contributed by atoms with van der Waals surface area (Å²) in [6.45, 7) is 5.29. The maximum atomic E-state index is 13.3. The molecule has 0 aromatic heterocycles. The van der Waals surface area contributed by atoms with Gasteiger partial charge < -0.3 is 20.3 Å². The Balaban J connectivity index is 1.57. The maximum absolute atomic E-state index is 13.3. The molecule has 0 bridgehead atoms. The largest absolute Gasteiger partial charge is 0.378 e. The number of nitrogens with one attached hydrogen (secondary N) is 2. The zero-order valence-corrected chi connectivity index (χ0v) is 15.3. The Hall–Kier alpha value is -2.25. The van der Waals surface area contributed by atoms with Crippen molar-refractivity contribution in [2.24, 2.45) is 0 Å². The molecule has 0 saturated carbocycles. The molecule has 0 aliphatic carbocycles. The highest BCUT2D eigenvalue weighted by molar-refractivity contribution is 7.80. The molecule has 0 amide bonds. The molecule has 2 aromatic carbocycles. The smallest absolute Gasteiger partial charge is 0.171 e. The first kappa shape index (κ1) is 18.5. The zero-order chi connectivity index (χ0) is 18.5. The summed E-state index contributed by atoms with van der Waals surface area (Å²) in [5.41, 5.74) is 2.65.